The summed E-state index contributed by atoms with van der Waals surface area (Å²) in [6.07, 6.45) is 0. The number of nitrogen functional groups attached to an aromatic ring is 1. The molecule has 1 unspecified atom stereocenters. The average molecular weight is 219 g/mol. The van der Waals surface area contributed by atoms with E-state index in [0.717, 1.165) is 6.07 Å². The normalized spacial score (nSPS) is 12.4. The Bertz CT molecular complexity index is 359. The van der Waals surface area contributed by atoms with E-state index in [9.17, 15) is 13.6 Å². The first-order valence-electron chi connectivity index (χ1n) is 3.59. The van der Waals surface area contributed by atoms with Gasteiger partial charge in [0.25, 0.3) is 0 Å². The van der Waals surface area contributed by atoms with E-state index in [1.54, 1.807) is 0 Å². The minimum atomic E-state index is -2.17. The van der Waals surface area contributed by atoms with Crippen molar-refractivity contribution in [2.24, 2.45) is 0 Å². The van der Waals surface area contributed by atoms with Crippen LogP contribution < -0.4 is 5.73 Å². The number of carboxylic acid groups (broad SMARTS) is 1. The van der Waals surface area contributed by atoms with E-state index < -0.39 is 17.3 Å². The van der Waals surface area contributed by atoms with Gasteiger partial charge in [0.1, 0.15) is 5.82 Å². The van der Waals surface area contributed by atoms with E-state index in [0.29, 0.717) is 11.8 Å². The molecule has 14 heavy (non-hydrogen) atoms. The molecule has 0 aliphatic heterocycles. The lowest BCUT2D eigenvalue weighted by Crippen LogP contribution is -2.09. The minimum absolute atomic E-state index is 0.0749. The molecule has 0 radical (unpaired) electrons. The standard InChI is InChI=1S/C8H7F2NO2S/c9-5-3-4(11)1-2-6(5)14-7(10)8(12)13/h1-3,7H,11H2,(H,12,13). The van der Waals surface area contributed by atoms with E-state index in [1.807, 2.05) is 0 Å². The average Bonchev–Trinajstić information content (AvgIpc) is 2.09. The number of carbonyl (C=O) groups is 1. The molecule has 3 N–H and O–H groups in total. The van der Waals surface area contributed by atoms with E-state index in [-0.39, 0.29) is 10.6 Å². The molecule has 0 saturated carbocycles. The maximum atomic E-state index is 13.0. The number of benzene rings is 1. The fourth-order valence-electron chi connectivity index (χ4n) is 0.775. The molecule has 0 aliphatic rings. The molecule has 0 bridgehead atoms. The van der Waals surface area contributed by atoms with Gasteiger partial charge in [0.2, 0.25) is 5.50 Å². The molecule has 0 aliphatic carbocycles. The van der Waals surface area contributed by atoms with Gasteiger partial charge in [-0.2, -0.15) is 0 Å². The van der Waals surface area contributed by atoms with Crippen LogP contribution in [0.2, 0.25) is 0 Å². The predicted molar refractivity (Wildman–Crippen MR) is 49.2 cm³/mol. The number of halogens is 2. The third-order valence-corrected chi connectivity index (χ3v) is 2.37. The molecule has 0 saturated heterocycles. The van der Waals surface area contributed by atoms with Crippen LogP contribution in [0.15, 0.2) is 23.1 Å². The molecule has 3 nitrogen and oxygen atoms in total. The second kappa shape index (κ2) is 4.28. The molecule has 1 atom stereocenters. The van der Waals surface area contributed by atoms with E-state index in [1.165, 1.54) is 12.1 Å². The molecule has 1 rings (SSSR count). The fourth-order valence-corrected chi connectivity index (χ4v) is 1.42. The summed E-state index contributed by atoms with van der Waals surface area (Å²) in [7, 11) is 0. The second-order valence-corrected chi connectivity index (χ2v) is 3.55. The Morgan fingerprint density at radius 3 is 2.71 bits per heavy atom. The number of nitrogens with two attached hydrogens (primary N) is 1. The van der Waals surface area contributed by atoms with Gasteiger partial charge in [-0.25, -0.2) is 13.6 Å². The Labute approximate surface area is 82.9 Å². The van der Waals surface area contributed by atoms with Gasteiger partial charge in [0.15, 0.2) is 0 Å². The Hall–Kier alpha value is -1.30. The monoisotopic (exact) mass is 219 g/mol. The largest absolute Gasteiger partial charge is 0.478 e. The first kappa shape index (κ1) is 10.8. The van der Waals surface area contributed by atoms with Crippen LogP contribution in [0, 0.1) is 5.82 Å². The molecule has 0 amide bonds. The van der Waals surface area contributed by atoms with Gasteiger partial charge in [-0.05, 0) is 18.2 Å². The van der Waals surface area contributed by atoms with Gasteiger partial charge in [-0.1, -0.05) is 11.8 Å². The summed E-state index contributed by atoms with van der Waals surface area (Å²) >= 11 is 0.290. The van der Waals surface area contributed by atoms with Gasteiger partial charge < -0.3 is 10.8 Å². The molecule has 1 aromatic rings. The van der Waals surface area contributed by atoms with Gasteiger partial charge in [0, 0.05) is 10.6 Å². The summed E-state index contributed by atoms with van der Waals surface area (Å²) in [5.74, 6) is -2.36. The number of alkyl halides is 1. The van der Waals surface area contributed by atoms with Gasteiger partial charge in [-0.3, -0.25) is 0 Å². The molecule has 0 fully saturated rings. The van der Waals surface area contributed by atoms with Crippen LogP contribution in [0.4, 0.5) is 14.5 Å². The lowest BCUT2D eigenvalue weighted by molar-refractivity contribution is -0.139. The van der Waals surface area contributed by atoms with Crippen LogP contribution in [0.3, 0.4) is 0 Å². The van der Waals surface area contributed by atoms with Crippen LogP contribution in [0.1, 0.15) is 0 Å². The molecular weight excluding hydrogens is 212 g/mol. The zero-order chi connectivity index (χ0) is 10.7. The van der Waals surface area contributed by atoms with Crippen molar-refractivity contribution in [3.63, 3.8) is 0 Å². The zero-order valence-electron chi connectivity index (χ0n) is 6.91. The Kier molecular flexibility index (Phi) is 3.29. The topological polar surface area (TPSA) is 63.3 Å². The fraction of sp³-hybridized carbons (Fsp3) is 0.125. The summed E-state index contributed by atoms with van der Waals surface area (Å²) in [6, 6.07) is 3.63. The van der Waals surface area contributed by atoms with Crippen LogP contribution in [-0.2, 0) is 4.79 Å². The predicted octanol–water partition coefficient (Wildman–Crippen LogP) is 1.88. The highest BCUT2D eigenvalue weighted by Crippen LogP contribution is 2.28. The quantitative estimate of drug-likeness (QED) is 0.601. The first-order chi connectivity index (χ1) is 6.50. The van der Waals surface area contributed by atoms with E-state index in [4.69, 9.17) is 10.8 Å². The summed E-state index contributed by atoms with van der Waals surface area (Å²) < 4.78 is 25.7. The van der Waals surface area contributed by atoms with Crippen LogP contribution in [0.5, 0.6) is 0 Å². The molecule has 76 valence electrons. The Morgan fingerprint density at radius 2 is 2.21 bits per heavy atom. The van der Waals surface area contributed by atoms with Crippen molar-refractivity contribution in [2.45, 2.75) is 10.4 Å². The Balaban J connectivity index is 2.82. The highest BCUT2D eigenvalue weighted by atomic mass is 32.2. The lowest BCUT2D eigenvalue weighted by atomic mass is 10.3. The van der Waals surface area contributed by atoms with Crippen molar-refractivity contribution in [3.8, 4) is 0 Å². The van der Waals surface area contributed by atoms with E-state index >= 15 is 0 Å². The van der Waals surface area contributed by atoms with Gasteiger partial charge in [-0.15, -0.1) is 0 Å². The molecule has 0 heterocycles. The Morgan fingerprint density at radius 1 is 1.57 bits per heavy atom. The van der Waals surface area contributed by atoms with E-state index in [2.05, 4.69) is 0 Å². The molecule has 6 heteroatoms. The number of thioether (sulfide) groups is 1. The number of aliphatic carboxylic acids is 1. The van der Waals surface area contributed by atoms with Gasteiger partial charge in [0.05, 0.1) is 0 Å². The summed E-state index contributed by atoms with van der Waals surface area (Å²) in [5.41, 5.74) is 3.29. The molecule has 1 aromatic carbocycles. The number of hydrogen-bond acceptors (Lipinski definition) is 3. The highest BCUT2D eigenvalue weighted by Gasteiger charge is 2.18. The maximum Gasteiger partial charge on any atom is 0.349 e. The number of carboxylic acids is 1. The summed E-state index contributed by atoms with van der Waals surface area (Å²) in [6.45, 7) is 0. The lowest BCUT2D eigenvalue weighted by Gasteiger charge is -2.04. The zero-order valence-corrected chi connectivity index (χ0v) is 7.72. The van der Waals surface area contributed by atoms with Crippen LogP contribution in [0.25, 0.3) is 0 Å². The van der Waals surface area contributed by atoms with Gasteiger partial charge >= 0.3 is 5.97 Å². The smallest absolute Gasteiger partial charge is 0.349 e. The third kappa shape index (κ3) is 2.59. The summed E-state index contributed by atoms with van der Waals surface area (Å²) in [5, 5.41) is 8.25. The van der Waals surface area contributed by atoms with Crippen molar-refractivity contribution in [1.82, 2.24) is 0 Å². The first-order valence-corrected chi connectivity index (χ1v) is 4.47. The SMILES string of the molecule is Nc1ccc(SC(F)C(=O)O)c(F)c1. The second-order valence-electron chi connectivity index (χ2n) is 2.46. The molecular formula is C8H7F2NO2S. The maximum absolute atomic E-state index is 13.0. The van der Waals surface area contributed by atoms with Crippen molar-refractivity contribution in [2.75, 3.05) is 5.73 Å². The van der Waals surface area contributed by atoms with Crippen LogP contribution >= 0.6 is 11.8 Å². The highest BCUT2D eigenvalue weighted by molar-refractivity contribution is 8.00. The van der Waals surface area contributed by atoms with Crippen molar-refractivity contribution in [1.29, 1.82) is 0 Å². The van der Waals surface area contributed by atoms with Crippen molar-refractivity contribution < 1.29 is 18.7 Å². The third-order valence-electron chi connectivity index (χ3n) is 1.38. The number of rotatable bonds is 3. The van der Waals surface area contributed by atoms with Crippen molar-refractivity contribution >= 4 is 23.4 Å². The number of anilines is 1. The molecule has 0 spiro atoms. The van der Waals surface area contributed by atoms with Crippen molar-refractivity contribution in [3.05, 3.63) is 24.0 Å². The number of hydrogen-bond donors (Lipinski definition) is 2. The minimum Gasteiger partial charge on any atom is -0.478 e. The summed E-state index contributed by atoms with van der Waals surface area (Å²) in [4.78, 5) is 10.1. The molecule has 0 aromatic heterocycles. The van der Waals surface area contributed by atoms with Crippen LogP contribution in [-0.4, -0.2) is 16.6 Å².